The van der Waals surface area contributed by atoms with Crippen LogP contribution in [0.15, 0.2) is 71.4 Å². The molecule has 0 amide bonds. The van der Waals surface area contributed by atoms with Crippen LogP contribution in [0.3, 0.4) is 0 Å². The van der Waals surface area contributed by atoms with Crippen molar-refractivity contribution in [2.75, 3.05) is 44.7 Å². The van der Waals surface area contributed by atoms with Gasteiger partial charge in [0.1, 0.15) is 0 Å². The lowest BCUT2D eigenvalue weighted by molar-refractivity contribution is -0.147. The molecule has 0 spiro atoms. The number of benzene rings is 2. The van der Waals surface area contributed by atoms with Crippen molar-refractivity contribution in [3.05, 3.63) is 77.0 Å². The van der Waals surface area contributed by atoms with Crippen LogP contribution in [0, 0.1) is 0 Å². The van der Waals surface area contributed by atoms with Crippen molar-refractivity contribution in [3.63, 3.8) is 0 Å². The zero-order valence-corrected chi connectivity index (χ0v) is 19.8. The van der Waals surface area contributed by atoms with Crippen LogP contribution in [0.2, 0.25) is 0 Å². The number of hydrogen-bond acceptors (Lipinski definition) is 5. The molecule has 1 aromatic heterocycles. The van der Waals surface area contributed by atoms with E-state index in [0.717, 1.165) is 51.1 Å². The van der Waals surface area contributed by atoms with Crippen LogP contribution in [0.1, 0.15) is 25.3 Å². The molecule has 1 atom stereocenters. The number of methoxy groups -OCH3 is 1. The van der Waals surface area contributed by atoms with Crippen molar-refractivity contribution in [2.24, 2.45) is 0 Å². The first-order chi connectivity index (χ1) is 15.6. The molecule has 0 N–H and O–H groups in total. The zero-order chi connectivity index (χ0) is 22.4. The van der Waals surface area contributed by atoms with Crippen LogP contribution in [0.4, 0.5) is 5.69 Å². The number of carbonyl (C=O) groups excluding carboxylic acids is 1. The Balaban J connectivity index is 1.31. The first kappa shape index (κ1) is 22.6. The van der Waals surface area contributed by atoms with E-state index in [2.05, 4.69) is 50.9 Å². The van der Waals surface area contributed by atoms with E-state index < -0.39 is 5.41 Å². The second-order valence-corrected chi connectivity index (χ2v) is 9.46. The van der Waals surface area contributed by atoms with Crippen LogP contribution in [-0.2, 0) is 14.9 Å². The van der Waals surface area contributed by atoms with Crippen LogP contribution < -0.4 is 4.90 Å². The fraction of sp³-hybridized carbons (Fsp3) is 0.370. The van der Waals surface area contributed by atoms with Gasteiger partial charge in [0.2, 0.25) is 0 Å². The second kappa shape index (κ2) is 10.3. The molecular formula is C27H32N2O2S. The lowest BCUT2D eigenvalue weighted by Gasteiger charge is -2.37. The van der Waals surface area contributed by atoms with E-state index in [-0.39, 0.29) is 5.97 Å². The van der Waals surface area contributed by atoms with Crippen molar-refractivity contribution in [1.82, 2.24) is 4.90 Å². The van der Waals surface area contributed by atoms with Gasteiger partial charge in [0.05, 0.1) is 12.5 Å². The molecule has 5 heteroatoms. The molecule has 2 heterocycles. The third kappa shape index (κ3) is 5.05. The maximum atomic E-state index is 12.6. The van der Waals surface area contributed by atoms with Crippen LogP contribution in [0.5, 0.6) is 0 Å². The lowest BCUT2D eigenvalue weighted by atomic mass is 9.78. The summed E-state index contributed by atoms with van der Waals surface area (Å²) in [5.74, 6) is -0.154. The summed E-state index contributed by atoms with van der Waals surface area (Å²) in [4.78, 5) is 17.6. The molecular weight excluding hydrogens is 416 g/mol. The number of rotatable bonds is 8. The molecule has 0 saturated carbocycles. The third-order valence-corrected chi connectivity index (χ3v) is 7.32. The first-order valence-corrected chi connectivity index (χ1v) is 12.3. The molecule has 0 bridgehead atoms. The molecule has 0 radical (unpaired) electrons. The number of piperazine rings is 1. The molecule has 1 aliphatic heterocycles. The molecule has 32 heavy (non-hydrogen) atoms. The van der Waals surface area contributed by atoms with Gasteiger partial charge in [0, 0.05) is 31.9 Å². The maximum absolute atomic E-state index is 12.6. The maximum Gasteiger partial charge on any atom is 0.315 e. The lowest BCUT2D eigenvalue weighted by Crippen LogP contribution is -2.47. The summed E-state index contributed by atoms with van der Waals surface area (Å²) in [5.41, 5.74) is 4.31. The summed E-state index contributed by atoms with van der Waals surface area (Å²) in [7, 11) is 1.48. The minimum atomic E-state index is -0.597. The van der Waals surface area contributed by atoms with E-state index in [1.165, 1.54) is 23.9 Å². The largest absolute Gasteiger partial charge is 0.468 e. The van der Waals surface area contributed by atoms with Crippen molar-refractivity contribution in [1.29, 1.82) is 0 Å². The quantitative estimate of drug-likeness (QED) is 0.429. The Labute approximate surface area is 195 Å². The number of anilines is 1. The highest BCUT2D eigenvalue weighted by Gasteiger charge is 2.36. The van der Waals surface area contributed by atoms with E-state index in [1.54, 1.807) is 11.3 Å². The Kier molecular flexibility index (Phi) is 7.28. The van der Waals surface area contributed by atoms with Crippen molar-refractivity contribution < 1.29 is 9.53 Å². The van der Waals surface area contributed by atoms with Gasteiger partial charge in [-0.05, 0) is 72.0 Å². The van der Waals surface area contributed by atoms with Crippen LogP contribution in [-0.4, -0.2) is 50.7 Å². The van der Waals surface area contributed by atoms with Gasteiger partial charge < -0.3 is 9.64 Å². The molecule has 4 nitrogen and oxygen atoms in total. The van der Waals surface area contributed by atoms with Crippen LogP contribution in [0.25, 0.3) is 11.1 Å². The number of nitrogens with zero attached hydrogens (tertiary/aromatic N) is 2. The highest BCUT2D eigenvalue weighted by molar-refractivity contribution is 7.08. The van der Waals surface area contributed by atoms with Crippen molar-refractivity contribution in [3.8, 4) is 11.1 Å². The van der Waals surface area contributed by atoms with E-state index >= 15 is 0 Å². The average Bonchev–Trinajstić information content (AvgIpc) is 3.40. The SMILES string of the molecule is COC(=O)C(C)(CCCN1CCN(c2cccc(-c3ccsc3)c2)CC1)c1ccccc1. The summed E-state index contributed by atoms with van der Waals surface area (Å²) >= 11 is 1.74. The van der Waals surface area contributed by atoms with Crippen LogP contribution >= 0.6 is 11.3 Å². The number of esters is 1. The minimum Gasteiger partial charge on any atom is -0.468 e. The highest BCUT2D eigenvalue weighted by atomic mass is 32.1. The topological polar surface area (TPSA) is 32.8 Å². The molecule has 1 unspecified atom stereocenters. The summed E-state index contributed by atoms with van der Waals surface area (Å²) in [6, 6.07) is 21.1. The number of ether oxygens (including phenoxy) is 1. The highest BCUT2D eigenvalue weighted by Crippen LogP contribution is 2.31. The van der Waals surface area contributed by atoms with Crippen molar-refractivity contribution >= 4 is 23.0 Å². The Morgan fingerprint density at radius 3 is 2.47 bits per heavy atom. The minimum absolute atomic E-state index is 0.154. The summed E-state index contributed by atoms with van der Waals surface area (Å²) in [5, 5.41) is 4.33. The van der Waals surface area contributed by atoms with Gasteiger partial charge in [0.25, 0.3) is 0 Å². The fourth-order valence-corrected chi connectivity index (χ4v) is 5.26. The number of carbonyl (C=O) groups is 1. The van der Waals surface area contributed by atoms with Gasteiger partial charge in [-0.25, -0.2) is 0 Å². The van der Waals surface area contributed by atoms with E-state index in [0.29, 0.717) is 0 Å². The van der Waals surface area contributed by atoms with E-state index in [9.17, 15) is 4.79 Å². The average molecular weight is 449 g/mol. The van der Waals surface area contributed by atoms with Gasteiger partial charge in [-0.15, -0.1) is 0 Å². The Morgan fingerprint density at radius 1 is 1.00 bits per heavy atom. The summed E-state index contributed by atoms with van der Waals surface area (Å²) in [6.07, 6.45) is 1.75. The standard InChI is InChI=1S/C27H32N2O2S/c1-27(26(30)31-2,24-9-4-3-5-10-24)13-7-14-28-15-17-29(18-16-28)25-11-6-8-22(20-25)23-12-19-32-21-23/h3-6,8-12,19-21H,7,13-18H2,1-2H3. The third-order valence-electron chi connectivity index (χ3n) is 6.64. The van der Waals surface area contributed by atoms with Gasteiger partial charge in [-0.1, -0.05) is 42.5 Å². The molecule has 168 valence electrons. The smallest absolute Gasteiger partial charge is 0.315 e. The van der Waals surface area contributed by atoms with Gasteiger partial charge in [-0.3, -0.25) is 9.69 Å². The summed E-state index contributed by atoms with van der Waals surface area (Å²) in [6.45, 7) is 7.15. The predicted molar refractivity (Wildman–Crippen MR) is 133 cm³/mol. The molecule has 4 rings (SSSR count). The fourth-order valence-electron chi connectivity index (χ4n) is 4.59. The zero-order valence-electron chi connectivity index (χ0n) is 19.0. The normalized spacial score (nSPS) is 16.5. The van der Waals surface area contributed by atoms with Gasteiger partial charge in [-0.2, -0.15) is 11.3 Å². The van der Waals surface area contributed by atoms with E-state index in [4.69, 9.17) is 4.74 Å². The number of thiophene rings is 1. The molecule has 3 aromatic rings. The Bertz CT molecular complexity index is 998. The Hall–Kier alpha value is -2.63. The summed E-state index contributed by atoms with van der Waals surface area (Å²) < 4.78 is 5.15. The van der Waals surface area contributed by atoms with Gasteiger partial charge in [0.15, 0.2) is 0 Å². The molecule has 0 aliphatic carbocycles. The monoisotopic (exact) mass is 448 g/mol. The second-order valence-electron chi connectivity index (χ2n) is 8.68. The predicted octanol–water partition coefficient (Wildman–Crippen LogP) is 5.45. The molecule has 1 aliphatic rings. The molecule has 1 saturated heterocycles. The molecule has 1 fully saturated rings. The molecule has 2 aromatic carbocycles. The first-order valence-electron chi connectivity index (χ1n) is 11.3. The van der Waals surface area contributed by atoms with E-state index in [1.807, 2.05) is 37.3 Å². The van der Waals surface area contributed by atoms with Gasteiger partial charge >= 0.3 is 5.97 Å². The number of hydrogen-bond donors (Lipinski definition) is 0. The Morgan fingerprint density at radius 2 is 1.78 bits per heavy atom. The van der Waals surface area contributed by atoms with Crippen molar-refractivity contribution in [2.45, 2.75) is 25.2 Å².